The number of carbonyl (C=O) groups excluding carboxylic acids is 2. The summed E-state index contributed by atoms with van der Waals surface area (Å²) in [6.45, 7) is 0. The zero-order chi connectivity index (χ0) is 31.4. The fourth-order valence-corrected chi connectivity index (χ4v) is 6.15. The maximum absolute atomic E-state index is 14.1. The number of amides is 2. The Bertz CT molecular complexity index is 1710. The Hall–Kier alpha value is -4.90. The minimum atomic E-state index is -4.66. The van der Waals surface area contributed by atoms with Gasteiger partial charge >= 0.3 is 12.1 Å². The lowest BCUT2D eigenvalue weighted by atomic mass is 10.0. The fraction of sp³-hybridized carbons (Fsp3) is 0.121. The third-order valence-corrected chi connectivity index (χ3v) is 8.26. The van der Waals surface area contributed by atoms with E-state index in [4.69, 9.17) is 0 Å². The number of benzene rings is 4. The van der Waals surface area contributed by atoms with E-state index >= 15 is 0 Å². The second-order valence-corrected chi connectivity index (χ2v) is 11.0. The molecular weight excluding hydrogens is 596 g/mol. The van der Waals surface area contributed by atoms with Crippen molar-refractivity contribution in [2.45, 2.75) is 17.6 Å². The largest absolute Gasteiger partial charge is 0.480 e. The maximum atomic E-state index is 14.1. The van der Waals surface area contributed by atoms with Crippen LogP contribution in [0.4, 0.5) is 17.6 Å². The Morgan fingerprint density at radius 3 is 2.16 bits per heavy atom. The Balaban J connectivity index is 1.52. The molecule has 0 saturated carbocycles. The number of rotatable bonds is 7. The van der Waals surface area contributed by atoms with Crippen LogP contribution in [0, 0.1) is 5.82 Å². The van der Waals surface area contributed by atoms with E-state index in [0.29, 0.717) is 5.56 Å². The molecule has 0 aliphatic carbocycles. The van der Waals surface area contributed by atoms with E-state index in [1.165, 1.54) is 42.5 Å². The molecule has 0 bridgehead atoms. The maximum Gasteiger partial charge on any atom is 0.416 e. The Morgan fingerprint density at radius 2 is 1.52 bits per heavy atom. The van der Waals surface area contributed by atoms with Crippen LogP contribution in [-0.2, 0) is 15.8 Å². The first kappa shape index (κ1) is 30.6. The zero-order valence-corrected chi connectivity index (χ0v) is 23.6. The minimum Gasteiger partial charge on any atom is -0.480 e. The molecule has 5 rings (SSSR count). The lowest BCUT2D eigenvalue weighted by molar-refractivity contribution is -0.147. The highest BCUT2D eigenvalue weighted by Crippen LogP contribution is 2.42. The molecule has 6 nitrogen and oxygen atoms in total. The highest BCUT2D eigenvalue weighted by Gasteiger charge is 2.43. The fourth-order valence-electron chi connectivity index (χ4n) is 4.73. The Kier molecular flexibility index (Phi) is 8.86. The quantitative estimate of drug-likeness (QED) is 0.172. The Morgan fingerprint density at radius 1 is 0.864 bits per heavy atom. The average molecular weight is 621 g/mol. The number of aliphatic carboxylic acids is 1. The van der Waals surface area contributed by atoms with Gasteiger partial charge in [0.2, 0.25) is 0 Å². The molecule has 11 heteroatoms. The molecule has 2 amide bonds. The van der Waals surface area contributed by atoms with E-state index in [0.717, 1.165) is 52.1 Å². The first-order valence-corrected chi connectivity index (χ1v) is 14.3. The number of carboxylic acids is 1. The van der Waals surface area contributed by atoms with Crippen LogP contribution in [0.3, 0.4) is 0 Å². The molecule has 1 aliphatic rings. The molecular formula is C33H24F4N2O4S. The number of halogens is 4. The summed E-state index contributed by atoms with van der Waals surface area (Å²) < 4.78 is 54.0. The van der Waals surface area contributed by atoms with Gasteiger partial charge in [0.1, 0.15) is 22.9 Å². The van der Waals surface area contributed by atoms with Gasteiger partial charge in [0.25, 0.3) is 11.8 Å². The van der Waals surface area contributed by atoms with E-state index < -0.39 is 52.5 Å². The highest BCUT2D eigenvalue weighted by atomic mass is 32.2. The van der Waals surface area contributed by atoms with Crippen LogP contribution in [0.2, 0.25) is 0 Å². The number of alkyl halides is 3. The van der Waals surface area contributed by atoms with Gasteiger partial charge in [-0.15, -0.1) is 11.8 Å². The van der Waals surface area contributed by atoms with Crippen molar-refractivity contribution in [3.8, 4) is 11.1 Å². The number of thioether (sulfide) groups is 1. The van der Waals surface area contributed by atoms with Crippen molar-refractivity contribution < 1.29 is 37.1 Å². The molecule has 0 aromatic heterocycles. The van der Waals surface area contributed by atoms with Crippen LogP contribution in [-0.4, -0.2) is 39.6 Å². The minimum absolute atomic E-state index is 0.00511. The summed E-state index contributed by atoms with van der Waals surface area (Å²) in [5, 5.41) is 11.6. The molecule has 0 spiro atoms. The molecule has 0 radical (unpaired) electrons. The summed E-state index contributed by atoms with van der Waals surface area (Å²) in [5.41, 5.74) is 0.909. The standard InChI is InChI=1S/C33H24F4N2O4S/c34-26-15-13-24(14-16-26)31-39(28(19-44-31)32(42)43)30(41)27(18-20-5-4-8-25(17-20)33(35,36)37)38-29(40)23-11-9-22(10-12-23)21-6-2-1-3-7-21/h1-18,28,31H,19H2,(H,38,40)(H,42,43)/t28-,31?/m0/s1. The van der Waals surface area contributed by atoms with Gasteiger partial charge in [0, 0.05) is 11.3 Å². The summed E-state index contributed by atoms with van der Waals surface area (Å²) >= 11 is 1.13. The topological polar surface area (TPSA) is 86.7 Å². The molecule has 1 aliphatic heterocycles. The van der Waals surface area contributed by atoms with Gasteiger partial charge in [-0.05, 0) is 64.7 Å². The van der Waals surface area contributed by atoms with Gasteiger partial charge in [0.05, 0.1) is 5.56 Å². The van der Waals surface area contributed by atoms with Crippen LogP contribution in [0.25, 0.3) is 17.2 Å². The number of nitrogens with one attached hydrogen (secondary N) is 1. The molecule has 2 atom stereocenters. The van der Waals surface area contributed by atoms with E-state index in [1.54, 1.807) is 12.1 Å². The second-order valence-electron chi connectivity index (χ2n) is 9.88. The summed E-state index contributed by atoms with van der Waals surface area (Å²) in [4.78, 5) is 40.7. The van der Waals surface area contributed by atoms with Gasteiger partial charge in [-0.25, -0.2) is 9.18 Å². The summed E-state index contributed by atoms with van der Waals surface area (Å²) in [7, 11) is 0. The molecule has 1 unspecified atom stereocenters. The SMILES string of the molecule is O=C(NC(=Cc1cccc(C(F)(F)F)c1)C(=O)N1C(c2ccc(F)cc2)SC[C@H]1C(=O)O)c1ccc(-c2ccccc2)cc1. The highest BCUT2D eigenvalue weighted by molar-refractivity contribution is 7.99. The predicted molar refractivity (Wildman–Crippen MR) is 159 cm³/mol. The lowest BCUT2D eigenvalue weighted by Gasteiger charge is -2.29. The van der Waals surface area contributed by atoms with Gasteiger partial charge in [0.15, 0.2) is 0 Å². The second kappa shape index (κ2) is 12.8. The normalized spacial score (nSPS) is 16.9. The number of carboxylic acid groups (broad SMARTS) is 1. The van der Waals surface area contributed by atoms with E-state index in [1.807, 2.05) is 30.3 Å². The zero-order valence-electron chi connectivity index (χ0n) is 22.8. The van der Waals surface area contributed by atoms with Gasteiger partial charge in [-0.1, -0.05) is 66.7 Å². The third-order valence-electron chi connectivity index (χ3n) is 6.93. The van der Waals surface area contributed by atoms with Crippen molar-refractivity contribution >= 4 is 35.6 Å². The first-order valence-electron chi connectivity index (χ1n) is 13.3. The van der Waals surface area contributed by atoms with E-state index in [-0.39, 0.29) is 16.9 Å². The molecule has 224 valence electrons. The number of hydrogen-bond acceptors (Lipinski definition) is 4. The molecule has 1 saturated heterocycles. The molecule has 1 fully saturated rings. The monoisotopic (exact) mass is 620 g/mol. The number of nitrogens with zero attached hydrogens (tertiary/aromatic N) is 1. The molecule has 4 aromatic rings. The summed E-state index contributed by atoms with van der Waals surface area (Å²) in [5.74, 6) is -3.50. The van der Waals surface area contributed by atoms with Crippen molar-refractivity contribution in [3.05, 3.63) is 137 Å². The predicted octanol–water partition coefficient (Wildman–Crippen LogP) is 7.01. The van der Waals surface area contributed by atoms with Crippen LogP contribution in [0.15, 0.2) is 109 Å². The summed E-state index contributed by atoms with van der Waals surface area (Å²) in [6, 6.07) is 23.9. The van der Waals surface area contributed by atoms with Crippen molar-refractivity contribution in [1.29, 1.82) is 0 Å². The van der Waals surface area contributed by atoms with Gasteiger partial charge in [-0.2, -0.15) is 13.2 Å². The number of carbonyl (C=O) groups is 3. The van der Waals surface area contributed by atoms with Crippen LogP contribution in [0.5, 0.6) is 0 Å². The Labute approximate surface area is 254 Å². The number of hydrogen-bond donors (Lipinski definition) is 2. The third kappa shape index (κ3) is 6.84. The van der Waals surface area contributed by atoms with Crippen LogP contribution >= 0.6 is 11.8 Å². The van der Waals surface area contributed by atoms with Gasteiger partial charge < -0.3 is 15.3 Å². The molecule has 44 heavy (non-hydrogen) atoms. The van der Waals surface area contributed by atoms with Crippen molar-refractivity contribution in [1.82, 2.24) is 10.2 Å². The molecule has 4 aromatic carbocycles. The van der Waals surface area contributed by atoms with Crippen LogP contribution in [0.1, 0.15) is 32.4 Å². The lowest BCUT2D eigenvalue weighted by Crippen LogP contribution is -2.46. The van der Waals surface area contributed by atoms with Crippen molar-refractivity contribution in [3.63, 3.8) is 0 Å². The smallest absolute Gasteiger partial charge is 0.416 e. The van der Waals surface area contributed by atoms with E-state index in [9.17, 15) is 37.1 Å². The van der Waals surface area contributed by atoms with Crippen LogP contribution < -0.4 is 5.32 Å². The molecule has 1 heterocycles. The molecule has 2 N–H and O–H groups in total. The first-order chi connectivity index (χ1) is 21.0. The average Bonchev–Trinajstić information content (AvgIpc) is 3.47. The van der Waals surface area contributed by atoms with Crippen molar-refractivity contribution in [2.24, 2.45) is 0 Å². The van der Waals surface area contributed by atoms with Gasteiger partial charge in [-0.3, -0.25) is 9.59 Å². The summed E-state index contributed by atoms with van der Waals surface area (Å²) in [6.07, 6.45) is -3.58. The van der Waals surface area contributed by atoms with Crippen molar-refractivity contribution in [2.75, 3.05) is 5.75 Å². The van der Waals surface area contributed by atoms with E-state index in [2.05, 4.69) is 5.32 Å².